The van der Waals surface area contributed by atoms with E-state index in [0.717, 1.165) is 10.7 Å². The number of halogens is 3. The summed E-state index contributed by atoms with van der Waals surface area (Å²) in [6, 6.07) is 0. The Bertz CT molecular complexity index is 495. The maximum Gasteiger partial charge on any atom is 0.401 e. The van der Waals surface area contributed by atoms with Crippen molar-refractivity contribution in [1.29, 1.82) is 0 Å². The first-order valence-corrected chi connectivity index (χ1v) is 7.76. The van der Waals surface area contributed by atoms with E-state index >= 15 is 0 Å². The SMILES string of the molecule is CC(C)(C)C1=CNC(/C=C/C2=CNC(NCC(F)(F)F)S2)O1. The first kappa shape index (κ1) is 17.1. The van der Waals surface area contributed by atoms with Gasteiger partial charge in [-0.3, -0.25) is 5.32 Å². The highest BCUT2D eigenvalue weighted by Crippen LogP contribution is 2.30. The Labute approximate surface area is 132 Å². The number of hydrogen-bond donors (Lipinski definition) is 3. The number of nitrogens with one attached hydrogen (secondary N) is 3. The fraction of sp³-hybridized carbons (Fsp3) is 0.571. The number of rotatable bonds is 4. The van der Waals surface area contributed by atoms with Crippen LogP contribution in [-0.2, 0) is 4.74 Å². The molecule has 0 saturated heterocycles. The van der Waals surface area contributed by atoms with E-state index in [4.69, 9.17) is 4.74 Å². The second-order valence-corrected chi connectivity index (χ2v) is 7.21. The zero-order chi connectivity index (χ0) is 16.4. The third kappa shape index (κ3) is 5.17. The van der Waals surface area contributed by atoms with Gasteiger partial charge in [-0.2, -0.15) is 13.2 Å². The average molecular weight is 335 g/mol. The van der Waals surface area contributed by atoms with Gasteiger partial charge >= 0.3 is 6.18 Å². The van der Waals surface area contributed by atoms with Crippen molar-refractivity contribution in [2.45, 2.75) is 38.7 Å². The van der Waals surface area contributed by atoms with Gasteiger partial charge in [-0.05, 0) is 12.2 Å². The standard InChI is InChI=1S/C14H20F3N3OS/c1-13(2,3)10-7-18-11(21-10)5-4-9-6-19-12(22-9)20-8-14(15,16)17/h4-7,11-12,18-20H,8H2,1-3H3/b5-4+. The zero-order valence-corrected chi connectivity index (χ0v) is 13.4. The Kier molecular flexibility index (Phi) is 5.01. The van der Waals surface area contributed by atoms with Crippen LogP contribution in [0.3, 0.4) is 0 Å². The van der Waals surface area contributed by atoms with E-state index in [1.54, 1.807) is 6.20 Å². The summed E-state index contributed by atoms with van der Waals surface area (Å²) in [6.07, 6.45) is 2.72. The maximum absolute atomic E-state index is 12.1. The minimum Gasteiger partial charge on any atom is -0.469 e. The number of thioether (sulfide) groups is 1. The molecule has 0 radical (unpaired) electrons. The molecule has 2 aliphatic heterocycles. The molecule has 2 unspecified atom stereocenters. The van der Waals surface area contributed by atoms with Crippen LogP contribution in [0.2, 0.25) is 0 Å². The molecule has 0 aliphatic carbocycles. The van der Waals surface area contributed by atoms with Gasteiger partial charge in [0.2, 0.25) is 0 Å². The molecule has 8 heteroatoms. The lowest BCUT2D eigenvalue weighted by Gasteiger charge is -2.20. The van der Waals surface area contributed by atoms with E-state index in [9.17, 15) is 13.2 Å². The van der Waals surface area contributed by atoms with Crippen molar-refractivity contribution in [3.05, 3.63) is 35.2 Å². The summed E-state index contributed by atoms with van der Waals surface area (Å²) in [5.41, 5.74) is -0.535. The average Bonchev–Trinajstić information content (AvgIpc) is 3.02. The minimum atomic E-state index is -4.21. The molecule has 124 valence electrons. The second kappa shape index (κ2) is 6.45. The van der Waals surface area contributed by atoms with Crippen LogP contribution in [0.25, 0.3) is 0 Å². The summed E-state index contributed by atoms with van der Waals surface area (Å²) >= 11 is 1.29. The lowest BCUT2D eigenvalue weighted by molar-refractivity contribution is -0.125. The maximum atomic E-state index is 12.1. The van der Waals surface area contributed by atoms with Crippen molar-refractivity contribution in [2.24, 2.45) is 5.41 Å². The van der Waals surface area contributed by atoms with Crippen molar-refractivity contribution in [3.8, 4) is 0 Å². The molecule has 0 fully saturated rings. The van der Waals surface area contributed by atoms with Gasteiger partial charge in [0.25, 0.3) is 0 Å². The van der Waals surface area contributed by atoms with Gasteiger partial charge in [0.05, 0.1) is 6.54 Å². The van der Waals surface area contributed by atoms with Gasteiger partial charge in [-0.15, -0.1) is 0 Å². The largest absolute Gasteiger partial charge is 0.469 e. The van der Waals surface area contributed by atoms with Crippen LogP contribution in [0.1, 0.15) is 20.8 Å². The predicted octanol–water partition coefficient (Wildman–Crippen LogP) is 2.99. The van der Waals surface area contributed by atoms with E-state index in [2.05, 4.69) is 36.7 Å². The summed E-state index contributed by atoms with van der Waals surface area (Å²) in [7, 11) is 0. The molecule has 0 aromatic heterocycles. The van der Waals surface area contributed by atoms with E-state index in [1.807, 2.05) is 18.4 Å². The smallest absolute Gasteiger partial charge is 0.401 e. The van der Waals surface area contributed by atoms with Gasteiger partial charge in [0.15, 0.2) is 6.23 Å². The van der Waals surface area contributed by atoms with Crippen LogP contribution in [0.15, 0.2) is 35.2 Å². The molecular formula is C14H20F3N3OS. The molecule has 22 heavy (non-hydrogen) atoms. The monoisotopic (exact) mass is 335 g/mol. The summed E-state index contributed by atoms with van der Waals surface area (Å²) < 4.78 is 42.1. The Morgan fingerprint density at radius 3 is 2.59 bits per heavy atom. The van der Waals surface area contributed by atoms with Crippen LogP contribution in [0.4, 0.5) is 13.2 Å². The van der Waals surface area contributed by atoms with E-state index < -0.39 is 18.2 Å². The molecule has 4 nitrogen and oxygen atoms in total. The predicted molar refractivity (Wildman–Crippen MR) is 81.3 cm³/mol. The molecule has 0 amide bonds. The van der Waals surface area contributed by atoms with E-state index in [1.165, 1.54) is 11.8 Å². The van der Waals surface area contributed by atoms with Crippen LogP contribution in [0.5, 0.6) is 0 Å². The Hall–Kier alpha value is -1.28. The fourth-order valence-corrected chi connectivity index (χ4v) is 2.66. The van der Waals surface area contributed by atoms with Crippen molar-refractivity contribution in [3.63, 3.8) is 0 Å². The van der Waals surface area contributed by atoms with Crippen LogP contribution in [-0.4, -0.2) is 24.4 Å². The molecule has 2 rings (SSSR count). The lowest BCUT2D eigenvalue weighted by atomic mass is 9.95. The molecule has 0 aromatic carbocycles. The molecule has 3 N–H and O–H groups in total. The number of allylic oxidation sites excluding steroid dienone is 2. The van der Waals surface area contributed by atoms with E-state index in [-0.39, 0.29) is 11.6 Å². The number of ether oxygens (including phenoxy) is 1. The quantitative estimate of drug-likeness (QED) is 0.737. The first-order chi connectivity index (χ1) is 10.1. The third-order valence-electron chi connectivity index (χ3n) is 2.93. The molecule has 0 bridgehead atoms. The highest BCUT2D eigenvalue weighted by molar-refractivity contribution is 8.04. The first-order valence-electron chi connectivity index (χ1n) is 6.88. The van der Waals surface area contributed by atoms with Crippen molar-refractivity contribution in [2.75, 3.05) is 6.54 Å². The van der Waals surface area contributed by atoms with E-state index in [0.29, 0.717) is 0 Å². The Morgan fingerprint density at radius 1 is 1.27 bits per heavy atom. The van der Waals surface area contributed by atoms with Gasteiger partial charge < -0.3 is 15.4 Å². The highest BCUT2D eigenvalue weighted by Gasteiger charge is 2.29. The summed E-state index contributed by atoms with van der Waals surface area (Å²) in [6.45, 7) is 5.16. The van der Waals surface area contributed by atoms with Gasteiger partial charge in [-0.1, -0.05) is 32.5 Å². The molecule has 2 heterocycles. The molecule has 0 saturated carbocycles. The fourth-order valence-electron chi connectivity index (χ4n) is 1.79. The van der Waals surface area contributed by atoms with Crippen LogP contribution in [0, 0.1) is 5.41 Å². The van der Waals surface area contributed by atoms with Crippen LogP contribution >= 0.6 is 11.8 Å². The zero-order valence-electron chi connectivity index (χ0n) is 12.6. The minimum absolute atomic E-state index is 0.0644. The molecular weight excluding hydrogens is 315 g/mol. The Balaban J connectivity index is 1.75. The van der Waals surface area contributed by atoms with Crippen molar-refractivity contribution in [1.82, 2.24) is 16.0 Å². The summed E-state index contributed by atoms with van der Waals surface area (Å²) in [5, 5.41) is 8.34. The van der Waals surface area contributed by atoms with Crippen molar-refractivity contribution < 1.29 is 17.9 Å². The number of alkyl halides is 3. The third-order valence-corrected chi connectivity index (χ3v) is 3.99. The molecule has 0 spiro atoms. The summed E-state index contributed by atoms with van der Waals surface area (Å²) in [5.74, 6) is 0.873. The van der Waals surface area contributed by atoms with Crippen molar-refractivity contribution >= 4 is 11.8 Å². The topological polar surface area (TPSA) is 45.3 Å². The lowest BCUT2D eigenvalue weighted by Crippen LogP contribution is -2.40. The second-order valence-electron chi connectivity index (χ2n) is 6.03. The van der Waals surface area contributed by atoms with Gasteiger partial charge in [-0.25, -0.2) is 0 Å². The molecule has 2 atom stereocenters. The molecule has 0 aromatic rings. The Morgan fingerprint density at radius 2 is 2.00 bits per heavy atom. The highest BCUT2D eigenvalue weighted by atomic mass is 32.2. The normalized spacial score (nSPS) is 25.5. The van der Waals surface area contributed by atoms with Gasteiger partial charge in [0, 0.05) is 22.7 Å². The number of hydrogen-bond acceptors (Lipinski definition) is 5. The van der Waals surface area contributed by atoms with Gasteiger partial charge in [0.1, 0.15) is 11.3 Å². The van der Waals surface area contributed by atoms with Crippen LogP contribution < -0.4 is 16.0 Å². The summed E-state index contributed by atoms with van der Waals surface area (Å²) in [4.78, 5) is 0.842. The molecule has 2 aliphatic rings.